The van der Waals surface area contributed by atoms with E-state index in [1.54, 1.807) is 0 Å². The van der Waals surface area contributed by atoms with Crippen molar-refractivity contribution in [3.8, 4) is 0 Å². The van der Waals surface area contributed by atoms with Crippen molar-refractivity contribution in [1.29, 1.82) is 0 Å². The van der Waals surface area contributed by atoms with E-state index in [4.69, 9.17) is 0 Å². The minimum absolute atomic E-state index is 0.0125. The summed E-state index contributed by atoms with van der Waals surface area (Å²) in [5, 5.41) is 6.59. The largest absolute Gasteiger partial charge is 0.348 e. The lowest BCUT2D eigenvalue weighted by Crippen LogP contribution is -2.33. The number of rotatable bonds is 4. The number of nitrogens with one attached hydrogen (secondary N) is 1. The number of aromatic nitrogens is 1. The third-order valence-electron chi connectivity index (χ3n) is 2.97. The van der Waals surface area contributed by atoms with E-state index in [0.717, 1.165) is 28.9 Å². The molecule has 94 valence electrons. The lowest BCUT2D eigenvalue weighted by atomic mass is 10.2. The highest BCUT2D eigenvalue weighted by Crippen LogP contribution is 2.29. The summed E-state index contributed by atoms with van der Waals surface area (Å²) < 4.78 is 0. The number of aryl methyl sites for hydroxylation is 1. The number of carbonyl (C=O) groups excluding carboxylic acids is 1. The van der Waals surface area contributed by atoms with E-state index < -0.39 is 0 Å². The molecule has 0 aromatic carbocycles. The molecule has 0 unspecified atom stereocenters. The Bertz CT molecular complexity index is 392. The molecule has 17 heavy (non-hydrogen) atoms. The standard InChI is InChI=1S/C12H18N2OS2/c1-3-16-10-5-4-9(6-10)14-12(15)11-7-17-8(2)13-11/h7,9-10H,3-6H2,1-2H3,(H,14,15)/t9-,10-/m1/s1. The predicted molar refractivity (Wildman–Crippen MR) is 73.9 cm³/mol. The smallest absolute Gasteiger partial charge is 0.270 e. The Morgan fingerprint density at radius 3 is 3.12 bits per heavy atom. The van der Waals surface area contributed by atoms with Crippen LogP contribution >= 0.6 is 23.1 Å². The topological polar surface area (TPSA) is 42.0 Å². The normalized spacial score (nSPS) is 23.9. The number of carbonyl (C=O) groups is 1. The van der Waals surface area contributed by atoms with Crippen LogP contribution in [0, 0.1) is 6.92 Å². The maximum atomic E-state index is 11.9. The van der Waals surface area contributed by atoms with Crippen molar-refractivity contribution in [2.24, 2.45) is 0 Å². The number of hydrogen-bond acceptors (Lipinski definition) is 4. The molecule has 1 fully saturated rings. The summed E-state index contributed by atoms with van der Waals surface area (Å²) in [6, 6.07) is 0.341. The first-order chi connectivity index (χ1) is 8.19. The number of amides is 1. The first-order valence-corrected chi connectivity index (χ1v) is 7.96. The molecule has 3 nitrogen and oxygen atoms in total. The fourth-order valence-corrected chi connectivity index (χ4v) is 3.92. The molecule has 0 spiro atoms. The van der Waals surface area contributed by atoms with Gasteiger partial charge in [-0.25, -0.2) is 4.98 Å². The van der Waals surface area contributed by atoms with Gasteiger partial charge < -0.3 is 5.32 Å². The second-order valence-electron chi connectivity index (χ2n) is 4.31. The number of thioether (sulfide) groups is 1. The zero-order valence-corrected chi connectivity index (χ0v) is 11.9. The van der Waals surface area contributed by atoms with Crippen molar-refractivity contribution in [3.63, 3.8) is 0 Å². The molecule has 1 saturated carbocycles. The maximum Gasteiger partial charge on any atom is 0.270 e. The Labute approximate surface area is 110 Å². The lowest BCUT2D eigenvalue weighted by molar-refractivity contribution is 0.0933. The van der Waals surface area contributed by atoms with Gasteiger partial charge in [-0.1, -0.05) is 6.92 Å². The summed E-state index contributed by atoms with van der Waals surface area (Å²) in [5.41, 5.74) is 0.569. The number of hydrogen-bond donors (Lipinski definition) is 1. The van der Waals surface area contributed by atoms with Crippen LogP contribution < -0.4 is 5.32 Å². The SMILES string of the molecule is CCS[C@@H]1CC[C@@H](NC(=O)c2csc(C)n2)C1. The summed E-state index contributed by atoms with van der Waals surface area (Å²) in [6.45, 7) is 4.11. The monoisotopic (exact) mass is 270 g/mol. The Balaban J connectivity index is 1.84. The third kappa shape index (κ3) is 3.45. The van der Waals surface area contributed by atoms with Crippen molar-refractivity contribution in [2.75, 3.05) is 5.75 Å². The average Bonchev–Trinajstić information content (AvgIpc) is 2.88. The van der Waals surface area contributed by atoms with Crippen LogP contribution in [0.25, 0.3) is 0 Å². The second kappa shape index (κ2) is 5.87. The zero-order valence-electron chi connectivity index (χ0n) is 10.2. The van der Waals surface area contributed by atoms with Crippen LogP contribution in [0.4, 0.5) is 0 Å². The minimum atomic E-state index is -0.0125. The second-order valence-corrected chi connectivity index (χ2v) is 6.95. The van der Waals surface area contributed by atoms with Crippen molar-refractivity contribution in [1.82, 2.24) is 10.3 Å². The Kier molecular flexibility index (Phi) is 4.45. The molecule has 0 bridgehead atoms. The van der Waals surface area contributed by atoms with Crippen molar-refractivity contribution < 1.29 is 4.79 Å². The number of nitrogens with zero attached hydrogens (tertiary/aromatic N) is 1. The highest BCUT2D eigenvalue weighted by molar-refractivity contribution is 7.99. The van der Waals surface area contributed by atoms with Crippen LogP contribution in [-0.2, 0) is 0 Å². The Morgan fingerprint density at radius 2 is 2.47 bits per heavy atom. The molecule has 0 saturated heterocycles. The van der Waals surface area contributed by atoms with Gasteiger partial charge in [0.25, 0.3) is 5.91 Å². The summed E-state index contributed by atoms with van der Waals surface area (Å²) in [7, 11) is 0. The summed E-state index contributed by atoms with van der Waals surface area (Å²) in [5.74, 6) is 1.15. The fraction of sp³-hybridized carbons (Fsp3) is 0.667. The molecule has 1 amide bonds. The molecular weight excluding hydrogens is 252 g/mol. The molecule has 1 aliphatic rings. The molecule has 0 aliphatic heterocycles. The zero-order chi connectivity index (χ0) is 12.3. The Hall–Kier alpha value is -0.550. The highest BCUT2D eigenvalue weighted by Gasteiger charge is 2.26. The van der Waals surface area contributed by atoms with Gasteiger partial charge in [0, 0.05) is 16.7 Å². The van der Waals surface area contributed by atoms with Crippen LogP contribution in [0.5, 0.6) is 0 Å². The van der Waals surface area contributed by atoms with Gasteiger partial charge in [-0.3, -0.25) is 4.79 Å². The molecular formula is C12H18N2OS2. The molecule has 1 N–H and O–H groups in total. The molecule has 2 atom stereocenters. The van der Waals surface area contributed by atoms with E-state index >= 15 is 0 Å². The van der Waals surface area contributed by atoms with E-state index in [1.165, 1.54) is 17.8 Å². The molecule has 1 heterocycles. The summed E-state index contributed by atoms with van der Waals surface area (Å²) in [6.07, 6.45) is 3.43. The van der Waals surface area contributed by atoms with Crippen LogP contribution in [0.3, 0.4) is 0 Å². The quantitative estimate of drug-likeness (QED) is 0.914. The van der Waals surface area contributed by atoms with Gasteiger partial charge in [0.1, 0.15) is 5.69 Å². The molecule has 1 aromatic heterocycles. The highest BCUT2D eigenvalue weighted by atomic mass is 32.2. The van der Waals surface area contributed by atoms with Crippen LogP contribution in [0.1, 0.15) is 41.7 Å². The third-order valence-corrected chi connectivity index (χ3v) is 4.98. The molecule has 0 radical (unpaired) electrons. The van der Waals surface area contributed by atoms with Crippen LogP contribution in [-0.4, -0.2) is 27.9 Å². The van der Waals surface area contributed by atoms with Gasteiger partial charge >= 0.3 is 0 Å². The first-order valence-electron chi connectivity index (χ1n) is 6.03. The average molecular weight is 270 g/mol. The van der Waals surface area contributed by atoms with Gasteiger partial charge in [0.15, 0.2) is 0 Å². The van der Waals surface area contributed by atoms with Gasteiger partial charge in [0.2, 0.25) is 0 Å². The number of thiazole rings is 1. The predicted octanol–water partition coefficient (Wildman–Crippen LogP) is 2.86. The first kappa shape index (κ1) is 12.9. The van der Waals surface area contributed by atoms with Crippen molar-refractivity contribution in [2.45, 2.75) is 44.4 Å². The minimum Gasteiger partial charge on any atom is -0.348 e. The lowest BCUT2D eigenvalue weighted by Gasteiger charge is -2.11. The van der Waals surface area contributed by atoms with E-state index in [2.05, 4.69) is 17.2 Å². The summed E-state index contributed by atoms with van der Waals surface area (Å²) in [4.78, 5) is 16.1. The fourth-order valence-electron chi connectivity index (χ4n) is 2.19. The van der Waals surface area contributed by atoms with Crippen LogP contribution in [0.15, 0.2) is 5.38 Å². The van der Waals surface area contributed by atoms with E-state index in [1.807, 2.05) is 24.1 Å². The van der Waals surface area contributed by atoms with Gasteiger partial charge in [-0.2, -0.15) is 11.8 Å². The molecule has 2 rings (SSSR count). The van der Waals surface area contributed by atoms with Crippen molar-refractivity contribution in [3.05, 3.63) is 16.1 Å². The van der Waals surface area contributed by atoms with Crippen molar-refractivity contribution >= 4 is 29.0 Å². The van der Waals surface area contributed by atoms with Gasteiger partial charge in [0.05, 0.1) is 5.01 Å². The molecule has 1 aromatic rings. The van der Waals surface area contributed by atoms with Gasteiger partial charge in [-0.15, -0.1) is 11.3 Å². The van der Waals surface area contributed by atoms with Gasteiger partial charge in [-0.05, 0) is 31.9 Å². The Morgan fingerprint density at radius 1 is 1.65 bits per heavy atom. The van der Waals surface area contributed by atoms with Crippen LogP contribution in [0.2, 0.25) is 0 Å². The van der Waals surface area contributed by atoms with E-state index in [-0.39, 0.29) is 5.91 Å². The molecule has 1 aliphatic carbocycles. The van der Waals surface area contributed by atoms with E-state index in [9.17, 15) is 4.79 Å². The molecule has 5 heteroatoms. The summed E-state index contributed by atoms with van der Waals surface area (Å²) >= 11 is 3.53. The van der Waals surface area contributed by atoms with E-state index in [0.29, 0.717) is 11.7 Å². The maximum absolute atomic E-state index is 11.9.